The number of hydrogen-bond acceptors (Lipinski definition) is 7. The Hall–Kier alpha value is -4.12. The summed E-state index contributed by atoms with van der Waals surface area (Å²) in [6, 6.07) is 22.5. The van der Waals surface area contributed by atoms with Gasteiger partial charge in [0.25, 0.3) is 0 Å². The predicted octanol–water partition coefficient (Wildman–Crippen LogP) is 3.44. The second-order valence-corrected chi connectivity index (χ2v) is 8.21. The Morgan fingerprint density at radius 1 is 0.865 bits per heavy atom. The molecule has 0 aliphatic carbocycles. The fourth-order valence-corrected chi connectivity index (χ4v) is 3.43. The third-order valence-corrected chi connectivity index (χ3v) is 5.34. The summed E-state index contributed by atoms with van der Waals surface area (Å²) < 4.78 is 10.1. The maximum Gasteiger partial charge on any atom is 0.411 e. The van der Waals surface area contributed by atoms with E-state index in [-0.39, 0.29) is 25.8 Å². The van der Waals surface area contributed by atoms with Gasteiger partial charge in [0.05, 0.1) is 25.1 Å². The van der Waals surface area contributed by atoms with E-state index in [4.69, 9.17) is 4.74 Å². The van der Waals surface area contributed by atoms with Crippen LogP contribution in [-0.2, 0) is 11.2 Å². The van der Waals surface area contributed by atoms with E-state index >= 15 is 0 Å². The van der Waals surface area contributed by atoms with Crippen LogP contribution in [0.2, 0.25) is 0 Å². The summed E-state index contributed by atoms with van der Waals surface area (Å²) >= 11 is 0. The third-order valence-electron chi connectivity index (χ3n) is 5.34. The van der Waals surface area contributed by atoms with E-state index in [0.29, 0.717) is 29.2 Å². The number of aliphatic hydroxyl groups is 2. The number of anilines is 3. The quantitative estimate of drug-likeness (QED) is 0.220. The number of rotatable bonds is 12. The summed E-state index contributed by atoms with van der Waals surface area (Å²) in [5.74, 6) is 0.685. The molecule has 3 rings (SSSR count). The largest absolute Gasteiger partial charge is 0.491 e. The molecule has 10 heteroatoms. The number of nitrogens with one attached hydrogen (secondary N) is 4. The highest BCUT2D eigenvalue weighted by Gasteiger charge is 2.13. The van der Waals surface area contributed by atoms with Gasteiger partial charge in [0.15, 0.2) is 0 Å². The van der Waals surface area contributed by atoms with E-state index in [1.54, 1.807) is 36.4 Å². The summed E-state index contributed by atoms with van der Waals surface area (Å²) in [4.78, 5) is 23.9. The molecule has 3 aromatic rings. The van der Waals surface area contributed by atoms with Gasteiger partial charge in [0.2, 0.25) is 0 Å². The lowest BCUT2D eigenvalue weighted by atomic mass is 10.1. The molecule has 37 heavy (non-hydrogen) atoms. The first-order valence-corrected chi connectivity index (χ1v) is 11.8. The fraction of sp³-hybridized carbons (Fsp3) is 0.259. The van der Waals surface area contributed by atoms with Gasteiger partial charge >= 0.3 is 12.1 Å². The minimum absolute atomic E-state index is 0.103. The van der Waals surface area contributed by atoms with Gasteiger partial charge in [-0.05, 0) is 48.4 Å². The first-order chi connectivity index (χ1) is 18.0. The smallest absolute Gasteiger partial charge is 0.411 e. The number of urea groups is 1. The van der Waals surface area contributed by atoms with Crippen LogP contribution in [-0.4, -0.2) is 61.4 Å². The van der Waals surface area contributed by atoms with Gasteiger partial charge in [0.1, 0.15) is 18.5 Å². The first-order valence-electron chi connectivity index (χ1n) is 11.8. The van der Waals surface area contributed by atoms with Crippen LogP contribution in [0.4, 0.5) is 26.7 Å². The number of hydrogen-bond donors (Lipinski definition) is 6. The zero-order chi connectivity index (χ0) is 26.5. The van der Waals surface area contributed by atoms with Gasteiger partial charge in [0, 0.05) is 18.3 Å². The molecule has 3 amide bonds. The van der Waals surface area contributed by atoms with Crippen LogP contribution in [0.15, 0.2) is 78.9 Å². The number of methoxy groups -OCH3 is 1. The minimum atomic E-state index is -0.729. The Labute approximate surface area is 215 Å². The molecule has 2 atom stereocenters. The number of ether oxygens (including phenoxy) is 2. The third kappa shape index (κ3) is 9.45. The van der Waals surface area contributed by atoms with Crippen LogP contribution in [0.1, 0.15) is 5.56 Å². The van der Waals surface area contributed by atoms with Crippen LogP contribution in [0.5, 0.6) is 5.75 Å². The van der Waals surface area contributed by atoms with Crippen molar-refractivity contribution in [2.75, 3.05) is 42.8 Å². The molecule has 3 aromatic carbocycles. The number of carbonyl (C=O) groups excluding carboxylic acids is 2. The number of para-hydroxylation sites is 3. The Kier molecular flexibility index (Phi) is 10.7. The zero-order valence-electron chi connectivity index (χ0n) is 20.5. The van der Waals surface area contributed by atoms with Crippen molar-refractivity contribution in [3.63, 3.8) is 0 Å². The fourth-order valence-electron chi connectivity index (χ4n) is 3.43. The van der Waals surface area contributed by atoms with Crippen LogP contribution in [0, 0.1) is 0 Å². The van der Waals surface area contributed by atoms with Crippen LogP contribution >= 0.6 is 0 Å². The van der Waals surface area contributed by atoms with Crippen molar-refractivity contribution < 1.29 is 29.3 Å². The molecule has 0 bridgehead atoms. The molecule has 0 aromatic heterocycles. The first kappa shape index (κ1) is 27.5. The van der Waals surface area contributed by atoms with E-state index in [1.165, 1.54) is 7.11 Å². The maximum absolute atomic E-state index is 12.4. The Balaban J connectivity index is 1.45. The van der Waals surface area contributed by atoms with Crippen molar-refractivity contribution in [2.45, 2.75) is 18.6 Å². The van der Waals surface area contributed by atoms with Gasteiger partial charge in [-0.25, -0.2) is 9.59 Å². The molecule has 0 spiro atoms. The molecule has 6 N–H and O–H groups in total. The summed E-state index contributed by atoms with van der Waals surface area (Å²) in [6.07, 6.45) is -0.842. The SMILES string of the molecule is COC(=O)Nc1ccccc1NC(=O)Nc1ccc(C[C@@H](CO)NC[C@H](O)COc2ccccc2)cc1. The highest BCUT2D eigenvalue weighted by Crippen LogP contribution is 2.21. The second-order valence-electron chi connectivity index (χ2n) is 8.21. The van der Waals surface area contributed by atoms with Crippen LogP contribution in [0.3, 0.4) is 0 Å². The monoisotopic (exact) mass is 508 g/mol. The predicted molar refractivity (Wildman–Crippen MR) is 142 cm³/mol. The van der Waals surface area contributed by atoms with Crippen molar-refractivity contribution in [1.82, 2.24) is 5.32 Å². The topological polar surface area (TPSA) is 141 Å². The lowest BCUT2D eigenvalue weighted by Gasteiger charge is -2.19. The molecule has 0 saturated heterocycles. The van der Waals surface area contributed by atoms with E-state index in [0.717, 1.165) is 5.56 Å². The van der Waals surface area contributed by atoms with Crippen molar-refractivity contribution in [2.24, 2.45) is 0 Å². The Bertz CT molecular complexity index is 1130. The molecular formula is C27H32N4O6. The van der Waals surface area contributed by atoms with E-state index in [9.17, 15) is 19.8 Å². The van der Waals surface area contributed by atoms with Crippen molar-refractivity contribution >= 4 is 29.2 Å². The second kappa shape index (κ2) is 14.4. The van der Waals surface area contributed by atoms with Crippen LogP contribution < -0.4 is 26.0 Å². The van der Waals surface area contributed by atoms with Gasteiger partial charge in [-0.3, -0.25) is 5.32 Å². The maximum atomic E-state index is 12.4. The molecule has 0 saturated carbocycles. The lowest BCUT2D eigenvalue weighted by Crippen LogP contribution is -2.41. The van der Waals surface area contributed by atoms with E-state index in [1.807, 2.05) is 42.5 Å². The number of carbonyl (C=O) groups is 2. The molecule has 10 nitrogen and oxygen atoms in total. The summed E-state index contributed by atoms with van der Waals surface area (Å²) in [7, 11) is 1.26. The summed E-state index contributed by atoms with van der Waals surface area (Å²) in [5, 5.41) is 31.0. The molecule has 0 unspecified atom stereocenters. The van der Waals surface area contributed by atoms with Crippen molar-refractivity contribution in [3.05, 3.63) is 84.4 Å². The minimum Gasteiger partial charge on any atom is -0.491 e. The summed E-state index contributed by atoms with van der Waals surface area (Å²) in [5.41, 5.74) is 2.33. The van der Waals surface area contributed by atoms with Gasteiger partial charge in [-0.15, -0.1) is 0 Å². The van der Waals surface area contributed by atoms with Gasteiger partial charge in [-0.2, -0.15) is 0 Å². The molecule has 0 radical (unpaired) electrons. The standard InChI is InChI=1S/C27H32N4O6/c1-36-27(35)31-25-10-6-5-9-24(25)30-26(34)29-20-13-11-19(12-14-20)15-21(17-32)28-16-22(33)18-37-23-7-3-2-4-8-23/h2-14,21-22,28,32-33H,15-18H2,1H3,(H,31,35)(H2,29,30,34)/t21-,22-/m0/s1. The van der Waals surface area contributed by atoms with E-state index < -0.39 is 18.2 Å². The van der Waals surface area contributed by atoms with Crippen molar-refractivity contribution in [1.29, 1.82) is 0 Å². The molecule has 0 aliphatic heterocycles. The number of amides is 3. The lowest BCUT2D eigenvalue weighted by molar-refractivity contribution is 0.0997. The average Bonchev–Trinajstić information content (AvgIpc) is 2.92. The highest BCUT2D eigenvalue weighted by atomic mass is 16.5. The van der Waals surface area contributed by atoms with E-state index in [2.05, 4.69) is 26.0 Å². The Morgan fingerprint density at radius 2 is 1.51 bits per heavy atom. The highest BCUT2D eigenvalue weighted by molar-refractivity contribution is 6.03. The zero-order valence-corrected chi connectivity index (χ0v) is 20.5. The number of benzene rings is 3. The van der Waals surface area contributed by atoms with Crippen LogP contribution in [0.25, 0.3) is 0 Å². The normalized spacial score (nSPS) is 12.2. The number of aliphatic hydroxyl groups excluding tert-OH is 2. The van der Waals surface area contributed by atoms with Gasteiger partial charge in [-0.1, -0.05) is 42.5 Å². The molecule has 196 valence electrons. The summed E-state index contributed by atoms with van der Waals surface area (Å²) in [6.45, 7) is 0.304. The Morgan fingerprint density at radius 3 is 2.16 bits per heavy atom. The molecule has 0 heterocycles. The van der Waals surface area contributed by atoms with Gasteiger partial charge < -0.3 is 35.6 Å². The molecule has 0 aliphatic rings. The molecule has 0 fully saturated rings. The van der Waals surface area contributed by atoms with Crippen molar-refractivity contribution in [3.8, 4) is 5.75 Å². The molecular weight excluding hydrogens is 476 g/mol. The average molecular weight is 509 g/mol.